The smallest absolute Gasteiger partial charge is 0.120 e. The summed E-state index contributed by atoms with van der Waals surface area (Å²) in [6.45, 7) is 6.94. The highest BCUT2D eigenvalue weighted by molar-refractivity contribution is 5.35. The van der Waals surface area contributed by atoms with Crippen LogP contribution in [0.1, 0.15) is 37.3 Å². The number of piperidine rings is 1. The Morgan fingerprint density at radius 1 is 1.42 bits per heavy atom. The molecule has 1 aliphatic rings. The number of nitrogens with two attached hydrogens (primary N) is 1. The molecular weight excluding hydrogens is 236 g/mol. The van der Waals surface area contributed by atoms with Gasteiger partial charge in [0, 0.05) is 24.7 Å². The molecule has 3 N–H and O–H groups in total. The number of aromatic hydroxyl groups is 1. The fourth-order valence-corrected chi connectivity index (χ4v) is 3.07. The molecule has 2 rings (SSSR count). The minimum atomic E-state index is 0.402. The first-order valence-corrected chi connectivity index (χ1v) is 7.36. The predicted molar refractivity (Wildman–Crippen MR) is 79.1 cm³/mol. The molecule has 0 saturated carbocycles. The maximum Gasteiger partial charge on any atom is 0.120 e. The normalized spacial score (nSPS) is 24.6. The Kier molecular flexibility index (Phi) is 4.83. The van der Waals surface area contributed by atoms with Crippen LogP contribution < -0.4 is 5.73 Å². The van der Waals surface area contributed by atoms with Gasteiger partial charge in [-0.3, -0.25) is 4.90 Å². The van der Waals surface area contributed by atoms with Gasteiger partial charge in [-0.2, -0.15) is 0 Å². The summed E-state index contributed by atoms with van der Waals surface area (Å²) in [5.41, 5.74) is 8.14. The van der Waals surface area contributed by atoms with E-state index in [0.29, 0.717) is 18.3 Å². The van der Waals surface area contributed by atoms with Crippen LogP contribution in [0.3, 0.4) is 0 Å². The summed E-state index contributed by atoms with van der Waals surface area (Å²) in [4.78, 5) is 2.43. The quantitative estimate of drug-likeness (QED) is 0.877. The Balaban J connectivity index is 2.07. The van der Waals surface area contributed by atoms with Crippen LogP contribution in [0, 0.1) is 12.8 Å². The molecule has 0 spiro atoms. The van der Waals surface area contributed by atoms with Gasteiger partial charge >= 0.3 is 0 Å². The van der Waals surface area contributed by atoms with Crippen molar-refractivity contribution in [1.82, 2.24) is 4.90 Å². The zero-order valence-corrected chi connectivity index (χ0v) is 12.1. The maximum atomic E-state index is 9.96. The lowest BCUT2D eigenvalue weighted by Gasteiger charge is -2.39. The summed E-state index contributed by atoms with van der Waals surface area (Å²) in [7, 11) is 0. The van der Waals surface area contributed by atoms with E-state index >= 15 is 0 Å². The molecule has 1 fully saturated rings. The molecule has 0 aliphatic carbocycles. The number of benzene rings is 1. The second kappa shape index (κ2) is 6.40. The Labute approximate surface area is 116 Å². The lowest BCUT2D eigenvalue weighted by Crippen LogP contribution is -2.46. The third-order valence-corrected chi connectivity index (χ3v) is 4.40. The zero-order valence-electron chi connectivity index (χ0n) is 12.1. The molecule has 1 aliphatic heterocycles. The van der Waals surface area contributed by atoms with Crippen LogP contribution in [0.4, 0.5) is 0 Å². The van der Waals surface area contributed by atoms with Gasteiger partial charge in [0.2, 0.25) is 0 Å². The van der Waals surface area contributed by atoms with Crippen molar-refractivity contribution in [3.8, 4) is 5.75 Å². The standard InChI is InChI=1S/C16H26N2O/c1-3-13-6-7-18(15(9-13)10-17)11-14-8-12(2)4-5-16(14)19/h4-5,8,13,15,19H,3,6-7,9-11,17H2,1-2H3. The summed E-state index contributed by atoms with van der Waals surface area (Å²) in [5.74, 6) is 1.22. The summed E-state index contributed by atoms with van der Waals surface area (Å²) in [6.07, 6.45) is 3.69. The van der Waals surface area contributed by atoms with E-state index in [4.69, 9.17) is 5.73 Å². The molecule has 0 amide bonds. The van der Waals surface area contributed by atoms with Crippen LogP contribution in [-0.4, -0.2) is 29.1 Å². The first-order chi connectivity index (χ1) is 9.13. The van der Waals surface area contributed by atoms with Gasteiger partial charge < -0.3 is 10.8 Å². The molecule has 2 atom stereocenters. The Bertz CT molecular complexity index is 419. The minimum Gasteiger partial charge on any atom is -0.508 e. The summed E-state index contributed by atoms with van der Waals surface area (Å²) in [5, 5.41) is 9.96. The molecule has 0 bridgehead atoms. The topological polar surface area (TPSA) is 49.5 Å². The van der Waals surface area contributed by atoms with Gasteiger partial charge in [-0.15, -0.1) is 0 Å². The van der Waals surface area contributed by atoms with Gasteiger partial charge in [-0.05, 0) is 38.3 Å². The number of likely N-dealkylation sites (tertiary alicyclic amines) is 1. The number of phenolic OH excluding ortho intramolecular Hbond substituents is 1. The molecule has 106 valence electrons. The largest absolute Gasteiger partial charge is 0.508 e. The average molecular weight is 262 g/mol. The van der Waals surface area contributed by atoms with Gasteiger partial charge in [0.15, 0.2) is 0 Å². The van der Waals surface area contributed by atoms with Crippen LogP contribution >= 0.6 is 0 Å². The Morgan fingerprint density at radius 3 is 2.89 bits per heavy atom. The second-order valence-electron chi connectivity index (χ2n) is 5.79. The summed E-state index contributed by atoms with van der Waals surface area (Å²) >= 11 is 0. The number of hydrogen-bond donors (Lipinski definition) is 2. The number of hydrogen-bond acceptors (Lipinski definition) is 3. The number of rotatable bonds is 4. The molecule has 1 aromatic carbocycles. The van der Waals surface area contributed by atoms with E-state index in [1.165, 1.54) is 24.8 Å². The monoisotopic (exact) mass is 262 g/mol. The Hall–Kier alpha value is -1.06. The molecule has 0 radical (unpaired) electrons. The van der Waals surface area contributed by atoms with Crippen molar-refractivity contribution in [3.05, 3.63) is 29.3 Å². The third-order valence-electron chi connectivity index (χ3n) is 4.40. The van der Waals surface area contributed by atoms with Crippen molar-refractivity contribution in [2.45, 2.75) is 45.7 Å². The van der Waals surface area contributed by atoms with Gasteiger partial charge in [0.1, 0.15) is 5.75 Å². The zero-order chi connectivity index (χ0) is 13.8. The molecule has 0 aromatic heterocycles. The molecule has 19 heavy (non-hydrogen) atoms. The van der Waals surface area contributed by atoms with Crippen molar-refractivity contribution in [1.29, 1.82) is 0 Å². The highest BCUT2D eigenvalue weighted by Crippen LogP contribution is 2.28. The van der Waals surface area contributed by atoms with Crippen molar-refractivity contribution < 1.29 is 5.11 Å². The lowest BCUT2D eigenvalue weighted by atomic mass is 9.88. The van der Waals surface area contributed by atoms with Crippen LogP contribution in [0.25, 0.3) is 0 Å². The minimum absolute atomic E-state index is 0.402. The summed E-state index contributed by atoms with van der Waals surface area (Å²) in [6, 6.07) is 6.27. The number of phenols is 1. The molecule has 1 saturated heterocycles. The van der Waals surface area contributed by atoms with E-state index in [1.54, 1.807) is 6.07 Å². The third kappa shape index (κ3) is 3.48. The highest BCUT2D eigenvalue weighted by Gasteiger charge is 2.26. The molecule has 1 heterocycles. The lowest BCUT2D eigenvalue weighted by molar-refractivity contribution is 0.106. The molecule has 3 nitrogen and oxygen atoms in total. The maximum absolute atomic E-state index is 9.96. The van der Waals surface area contributed by atoms with Crippen molar-refractivity contribution in [2.24, 2.45) is 11.7 Å². The fraction of sp³-hybridized carbons (Fsp3) is 0.625. The van der Waals surface area contributed by atoms with E-state index in [0.717, 1.165) is 24.6 Å². The van der Waals surface area contributed by atoms with Crippen LogP contribution in [0.15, 0.2) is 18.2 Å². The molecule has 3 heteroatoms. The molecule has 2 unspecified atom stereocenters. The van der Waals surface area contributed by atoms with E-state index < -0.39 is 0 Å². The predicted octanol–water partition coefficient (Wildman–Crippen LogP) is 2.65. The van der Waals surface area contributed by atoms with Gasteiger partial charge in [-0.1, -0.05) is 31.0 Å². The van der Waals surface area contributed by atoms with Crippen LogP contribution in [0.5, 0.6) is 5.75 Å². The first kappa shape index (κ1) is 14.4. The van der Waals surface area contributed by atoms with Crippen LogP contribution in [-0.2, 0) is 6.54 Å². The number of aryl methyl sites for hydroxylation is 1. The van der Waals surface area contributed by atoms with Gasteiger partial charge in [-0.25, -0.2) is 0 Å². The second-order valence-corrected chi connectivity index (χ2v) is 5.79. The number of nitrogens with zero attached hydrogens (tertiary/aromatic N) is 1. The highest BCUT2D eigenvalue weighted by atomic mass is 16.3. The molecular formula is C16H26N2O. The van der Waals surface area contributed by atoms with Crippen molar-refractivity contribution >= 4 is 0 Å². The van der Waals surface area contributed by atoms with E-state index in [9.17, 15) is 5.11 Å². The van der Waals surface area contributed by atoms with E-state index in [2.05, 4.69) is 24.8 Å². The fourth-order valence-electron chi connectivity index (χ4n) is 3.07. The first-order valence-electron chi connectivity index (χ1n) is 7.36. The molecule has 1 aromatic rings. The van der Waals surface area contributed by atoms with E-state index in [1.807, 2.05) is 6.07 Å². The Morgan fingerprint density at radius 2 is 2.21 bits per heavy atom. The van der Waals surface area contributed by atoms with E-state index in [-0.39, 0.29) is 0 Å². The summed E-state index contributed by atoms with van der Waals surface area (Å²) < 4.78 is 0. The average Bonchev–Trinajstić information content (AvgIpc) is 2.43. The van der Waals surface area contributed by atoms with Gasteiger partial charge in [0.05, 0.1) is 0 Å². The van der Waals surface area contributed by atoms with Crippen molar-refractivity contribution in [3.63, 3.8) is 0 Å². The van der Waals surface area contributed by atoms with Crippen LogP contribution in [0.2, 0.25) is 0 Å². The van der Waals surface area contributed by atoms with Crippen molar-refractivity contribution in [2.75, 3.05) is 13.1 Å². The van der Waals surface area contributed by atoms with Gasteiger partial charge in [0.25, 0.3) is 0 Å². The SMILES string of the molecule is CCC1CCN(Cc2cc(C)ccc2O)C(CN)C1.